The van der Waals surface area contributed by atoms with Crippen molar-refractivity contribution in [3.8, 4) is 0 Å². The molecule has 0 bridgehead atoms. The molecule has 1 aliphatic rings. The van der Waals surface area contributed by atoms with Crippen molar-refractivity contribution in [2.24, 2.45) is 0 Å². The van der Waals surface area contributed by atoms with Crippen LogP contribution in [0, 0.1) is 0 Å². The summed E-state index contributed by atoms with van der Waals surface area (Å²) in [5.74, 6) is 0. The Balaban J connectivity index is 3.07. The van der Waals surface area contributed by atoms with Gasteiger partial charge in [-0.2, -0.15) is 0 Å². The van der Waals surface area contributed by atoms with Crippen molar-refractivity contribution in [3.63, 3.8) is 0 Å². The van der Waals surface area contributed by atoms with Gasteiger partial charge in [-0.3, -0.25) is 0 Å². The van der Waals surface area contributed by atoms with E-state index >= 15 is 0 Å². The number of allylic oxidation sites excluding steroid dienone is 4. The average Bonchev–Trinajstić information content (AvgIpc) is 2.43. The van der Waals surface area contributed by atoms with Crippen LogP contribution in [-0.2, 0) is 29.6 Å². The molecule has 1 rings (SSSR count). The first-order valence-electron chi connectivity index (χ1n) is 5.96. The zero-order valence-electron chi connectivity index (χ0n) is 11.8. The molecule has 0 heterocycles. The van der Waals surface area contributed by atoms with Crippen molar-refractivity contribution in [1.29, 1.82) is 0 Å². The Kier molecular flexibility index (Phi) is 4.74. The topological polar surface area (TPSA) is 35.5 Å². The Morgan fingerprint density at radius 3 is 1.83 bits per heavy atom. The Morgan fingerprint density at radius 1 is 1.11 bits per heavy atom. The monoisotopic (exact) mass is 313 g/mol. The first-order chi connectivity index (χ1) is 7.93. The Bertz CT molecular complexity index is 393. The molecule has 0 radical (unpaired) electrons. The molecule has 105 valence electrons. The molecule has 0 aliphatic heterocycles. The molecule has 0 aromatic carbocycles. The molecule has 18 heavy (non-hydrogen) atoms. The SMILES string of the molecule is CC(C)(C)OP(=O)(OC(C)(C)C)C1=CC=C[CH]1[Fe]. The third-order valence-corrected chi connectivity index (χ3v) is 5.34. The van der Waals surface area contributed by atoms with Crippen LogP contribution in [0.3, 0.4) is 0 Å². The summed E-state index contributed by atoms with van der Waals surface area (Å²) in [5, 5.41) is 0.632. The molecule has 0 aromatic heterocycles. The fourth-order valence-corrected chi connectivity index (χ4v) is 4.61. The van der Waals surface area contributed by atoms with Gasteiger partial charge in [0, 0.05) is 0 Å². The van der Waals surface area contributed by atoms with E-state index in [1.165, 1.54) is 0 Å². The summed E-state index contributed by atoms with van der Waals surface area (Å²) >= 11 is 3.96. The molecular weight excluding hydrogens is 291 g/mol. The summed E-state index contributed by atoms with van der Waals surface area (Å²) in [4.78, 5) is -0.152. The summed E-state index contributed by atoms with van der Waals surface area (Å²) in [5.41, 5.74) is -1.08. The van der Waals surface area contributed by atoms with Crippen molar-refractivity contribution in [2.45, 2.75) is 57.6 Å². The molecule has 3 nitrogen and oxygen atoms in total. The van der Waals surface area contributed by atoms with E-state index in [9.17, 15) is 4.57 Å². The molecule has 0 spiro atoms. The van der Waals surface area contributed by atoms with E-state index < -0.39 is 18.8 Å². The first kappa shape index (κ1) is 16.2. The minimum absolute atomic E-state index is 0.152. The van der Waals surface area contributed by atoms with Gasteiger partial charge >= 0.3 is 118 Å². The van der Waals surface area contributed by atoms with E-state index in [1.54, 1.807) is 6.08 Å². The maximum atomic E-state index is 13.1. The van der Waals surface area contributed by atoms with Crippen molar-refractivity contribution in [3.05, 3.63) is 23.5 Å². The quantitative estimate of drug-likeness (QED) is 0.564. The molecule has 0 N–H and O–H groups in total. The van der Waals surface area contributed by atoms with Crippen molar-refractivity contribution in [1.82, 2.24) is 0 Å². The number of rotatable bonds is 3. The third-order valence-electron chi connectivity index (χ3n) is 1.92. The molecule has 5 heteroatoms. The van der Waals surface area contributed by atoms with E-state index in [-0.39, 0.29) is 4.82 Å². The summed E-state index contributed by atoms with van der Waals surface area (Å²) in [7, 11) is -3.33. The van der Waals surface area contributed by atoms with Crippen LogP contribution >= 0.6 is 7.60 Å². The fraction of sp³-hybridized carbons (Fsp3) is 0.692. The summed E-state index contributed by atoms with van der Waals surface area (Å²) in [6.45, 7) is 11.2. The van der Waals surface area contributed by atoms with Crippen LogP contribution in [0.15, 0.2) is 23.5 Å². The fourth-order valence-electron chi connectivity index (χ4n) is 1.52. The van der Waals surface area contributed by atoms with Gasteiger partial charge in [-0.1, -0.05) is 0 Å². The zero-order chi connectivity index (χ0) is 14.2. The number of hydrogen-bond donors (Lipinski definition) is 0. The molecule has 1 atom stereocenters. The van der Waals surface area contributed by atoms with Gasteiger partial charge in [-0.05, 0) is 0 Å². The second kappa shape index (κ2) is 5.26. The van der Waals surface area contributed by atoms with E-state index in [2.05, 4.69) is 16.0 Å². The molecule has 0 fully saturated rings. The Hall–Kier alpha value is 0.149. The van der Waals surface area contributed by atoms with Crippen molar-refractivity contribution < 1.29 is 29.6 Å². The molecule has 0 amide bonds. The molecule has 1 aliphatic carbocycles. The van der Waals surface area contributed by atoms with Gasteiger partial charge in [0.1, 0.15) is 0 Å². The van der Waals surface area contributed by atoms with Crippen molar-refractivity contribution in [2.75, 3.05) is 0 Å². The predicted octanol–water partition coefficient (Wildman–Crippen LogP) is 4.60. The van der Waals surface area contributed by atoms with Crippen LogP contribution in [0.4, 0.5) is 0 Å². The van der Waals surface area contributed by atoms with E-state index in [0.29, 0.717) is 5.31 Å². The summed E-state index contributed by atoms with van der Waals surface area (Å²) in [6.07, 6.45) is 5.52. The maximum absolute atomic E-state index is 13.1. The normalized spacial score (nSPS) is 21.3. The predicted molar refractivity (Wildman–Crippen MR) is 70.3 cm³/mol. The third kappa shape index (κ3) is 4.68. The number of hydrogen-bond acceptors (Lipinski definition) is 3. The average molecular weight is 313 g/mol. The zero-order valence-corrected chi connectivity index (χ0v) is 13.8. The van der Waals surface area contributed by atoms with Gasteiger partial charge in [0.25, 0.3) is 0 Å². The Labute approximate surface area is 118 Å². The van der Waals surface area contributed by atoms with Crippen molar-refractivity contribution >= 4 is 7.60 Å². The first-order valence-corrected chi connectivity index (χ1v) is 8.14. The van der Waals surface area contributed by atoms with E-state index in [1.807, 2.05) is 53.7 Å². The van der Waals surface area contributed by atoms with Gasteiger partial charge in [-0.25, -0.2) is 0 Å². The second-order valence-electron chi connectivity index (χ2n) is 6.27. The van der Waals surface area contributed by atoms with Gasteiger partial charge in [0.05, 0.1) is 0 Å². The van der Waals surface area contributed by atoms with Crippen LogP contribution in [-0.4, -0.2) is 11.2 Å². The Morgan fingerprint density at radius 2 is 1.56 bits per heavy atom. The molecule has 1 unspecified atom stereocenters. The van der Waals surface area contributed by atoms with Crippen LogP contribution < -0.4 is 0 Å². The van der Waals surface area contributed by atoms with Crippen LogP contribution in [0.1, 0.15) is 41.5 Å². The summed E-state index contributed by atoms with van der Waals surface area (Å²) < 4.78 is 24.5. The van der Waals surface area contributed by atoms with E-state index in [4.69, 9.17) is 9.05 Å². The van der Waals surface area contributed by atoms with Crippen LogP contribution in [0.5, 0.6) is 0 Å². The standard InChI is InChI=1S/C13H22O3P.Fe/c1-12(2,3)15-17(14,16-13(4,5)6)11-9-7-8-10-11;/h7-10H,1-6H3;. The van der Waals surface area contributed by atoms with Gasteiger partial charge in [0.15, 0.2) is 0 Å². The minimum atomic E-state index is -3.33. The van der Waals surface area contributed by atoms with Crippen LogP contribution in [0.2, 0.25) is 4.82 Å². The molecule has 0 aromatic rings. The second-order valence-corrected chi connectivity index (χ2v) is 8.83. The van der Waals surface area contributed by atoms with Gasteiger partial charge in [-0.15, -0.1) is 0 Å². The van der Waals surface area contributed by atoms with Crippen LogP contribution in [0.25, 0.3) is 0 Å². The molecule has 0 saturated carbocycles. The van der Waals surface area contributed by atoms with Gasteiger partial charge < -0.3 is 0 Å². The molecule has 0 saturated heterocycles. The van der Waals surface area contributed by atoms with E-state index in [0.717, 1.165) is 0 Å². The molecular formula is C13H22FeO3P. The van der Waals surface area contributed by atoms with Gasteiger partial charge in [0.2, 0.25) is 0 Å². The summed E-state index contributed by atoms with van der Waals surface area (Å²) in [6, 6.07) is 0.